The number of benzene rings is 2. The number of methoxy groups -OCH3 is 1. The first kappa shape index (κ1) is 26.6. The Bertz CT molecular complexity index is 1300. The molecule has 1 aliphatic rings. The maximum atomic E-state index is 13.6. The number of allylic oxidation sites excluding steroid dienone is 1. The van der Waals surface area contributed by atoms with E-state index in [1.54, 1.807) is 25.3 Å². The smallest absolute Gasteiger partial charge is 0.271 e. The molecule has 1 saturated carbocycles. The third kappa shape index (κ3) is 6.47. The summed E-state index contributed by atoms with van der Waals surface area (Å²) >= 11 is 5.95. The number of amides is 1. The average Bonchev–Trinajstić information content (AvgIpc) is 3.39. The molecule has 0 spiro atoms. The molecular formula is C27H31ClFN5O3. The quantitative estimate of drug-likeness (QED) is 0.317. The van der Waals surface area contributed by atoms with Gasteiger partial charge in [-0.25, -0.2) is 14.4 Å². The summed E-state index contributed by atoms with van der Waals surface area (Å²) in [5.41, 5.74) is 2.23. The monoisotopic (exact) mass is 527 g/mol. The molecule has 2 N–H and O–H groups in total. The van der Waals surface area contributed by atoms with E-state index in [-0.39, 0.29) is 17.0 Å². The fourth-order valence-corrected chi connectivity index (χ4v) is 4.52. The summed E-state index contributed by atoms with van der Waals surface area (Å²) < 4.78 is 25.1. The molecular weight excluding hydrogens is 497 g/mol. The summed E-state index contributed by atoms with van der Waals surface area (Å²) in [6.07, 6.45) is 7.45. The maximum absolute atomic E-state index is 13.6. The van der Waals surface area contributed by atoms with Gasteiger partial charge in [-0.05, 0) is 56.9 Å². The van der Waals surface area contributed by atoms with Crippen molar-refractivity contribution in [3.05, 3.63) is 59.3 Å². The Labute approximate surface area is 220 Å². The molecule has 4 rings (SSSR count). The number of rotatable bonds is 10. The van der Waals surface area contributed by atoms with Gasteiger partial charge in [-0.1, -0.05) is 17.7 Å². The molecule has 3 aromatic rings. The lowest BCUT2D eigenvalue weighted by molar-refractivity contribution is -0.114. The predicted octanol–water partition coefficient (Wildman–Crippen LogP) is 5.91. The molecule has 1 aliphatic carbocycles. The van der Waals surface area contributed by atoms with E-state index in [1.807, 2.05) is 24.9 Å². The van der Waals surface area contributed by atoms with Crippen molar-refractivity contribution in [2.45, 2.75) is 38.7 Å². The number of nitrogens with one attached hydrogen (secondary N) is 2. The number of carbonyl (C=O) groups excluding carboxylic acids is 1. The highest BCUT2D eigenvalue weighted by Crippen LogP contribution is 2.36. The molecule has 0 bridgehead atoms. The van der Waals surface area contributed by atoms with Crippen LogP contribution in [-0.2, 0) is 9.53 Å². The van der Waals surface area contributed by atoms with E-state index in [0.717, 1.165) is 25.7 Å². The largest absolute Gasteiger partial charge is 0.488 e. The Kier molecular flexibility index (Phi) is 8.78. The van der Waals surface area contributed by atoms with Crippen LogP contribution in [0.5, 0.6) is 5.75 Å². The number of likely N-dealkylation sites (N-methyl/N-ethyl adjacent to an activating group) is 1. The highest BCUT2D eigenvalue weighted by Gasteiger charge is 2.22. The minimum Gasteiger partial charge on any atom is -0.488 e. The van der Waals surface area contributed by atoms with E-state index >= 15 is 0 Å². The second-order valence-electron chi connectivity index (χ2n) is 8.91. The van der Waals surface area contributed by atoms with Crippen LogP contribution < -0.4 is 15.4 Å². The molecule has 0 saturated heterocycles. The van der Waals surface area contributed by atoms with Gasteiger partial charge in [-0.15, -0.1) is 0 Å². The van der Waals surface area contributed by atoms with Gasteiger partial charge >= 0.3 is 0 Å². The average molecular weight is 528 g/mol. The Hall–Kier alpha value is -3.43. The molecule has 0 atom stereocenters. The van der Waals surface area contributed by atoms with Crippen molar-refractivity contribution >= 4 is 45.6 Å². The van der Waals surface area contributed by atoms with Crippen LogP contribution >= 0.6 is 11.6 Å². The number of nitrogens with zero attached hydrogens (tertiary/aromatic N) is 3. The fraction of sp³-hybridized carbons (Fsp3) is 0.370. The maximum Gasteiger partial charge on any atom is 0.271 e. The molecule has 1 heterocycles. The number of fused-ring (bicyclic) bond motifs is 1. The van der Waals surface area contributed by atoms with Gasteiger partial charge in [0.1, 0.15) is 23.7 Å². The highest BCUT2D eigenvalue weighted by molar-refractivity contribution is 6.31. The van der Waals surface area contributed by atoms with E-state index < -0.39 is 5.82 Å². The van der Waals surface area contributed by atoms with Crippen LogP contribution in [0.3, 0.4) is 0 Å². The number of hydrogen-bond acceptors (Lipinski definition) is 7. The zero-order valence-corrected chi connectivity index (χ0v) is 21.9. The number of hydrogen-bond donors (Lipinski definition) is 2. The van der Waals surface area contributed by atoms with E-state index in [1.165, 1.54) is 18.5 Å². The zero-order chi connectivity index (χ0) is 26.4. The molecule has 8 nitrogen and oxygen atoms in total. The van der Waals surface area contributed by atoms with Crippen LogP contribution in [0, 0.1) is 5.82 Å². The molecule has 0 radical (unpaired) electrons. The normalized spacial score (nSPS) is 14.1. The number of ether oxygens (including phenoxy) is 2. The van der Waals surface area contributed by atoms with E-state index in [9.17, 15) is 9.18 Å². The fourth-order valence-electron chi connectivity index (χ4n) is 4.33. The van der Waals surface area contributed by atoms with Crippen molar-refractivity contribution in [1.29, 1.82) is 0 Å². The zero-order valence-electron chi connectivity index (χ0n) is 21.2. The summed E-state index contributed by atoms with van der Waals surface area (Å²) in [5.74, 6) is 0.262. The molecule has 196 valence electrons. The van der Waals surface area contributed by atoms with Crippen LogP contribution in [0.15, 0.2) is 48.4 Å². The topological polar surface area (TPSA) is 88.6 Å². The van der Waals surface area contributed by atoms with Gasteiger partial charge in [0.15, 0.2) is 0 Å². The summed E-state index contributed by atoms with van der Waals surface area (Å²) in [6.45, 7) is 2.88. The first-order chi connectivity index (χ1) is 17.9. The lowest BCUT2D eigenvalue weighted by Crippen LogP contribution is -2.30. The lowest BCUT2D eigenvalue weighted by atomic mass is 10.1. The Balaban J connectivity index is 1.70. The summed E-state index contributed by atoms with van der Waals surface area (Å²) in [6, 6.07) is 7.96. The Morgan fingerprint density at radius 1 is 1.24 bits per heavy atom. The van der Waals surface area contributed by atoms with Crippen molar-refractivity contribution in [3.63, 3.8) is 0 Å². The van der Waals surface area contributed by atoms with Gasteiger partial charge < -0.3 is 25.0 Å². The molecule has 10 heteroatoms. The number of anilines is 3. The van der Waals surface area contributed by atoms with Crippen LogP contribution in [0.25, 0.3) is 10.9 Å². The van der Waals surface area contributed by atoms with Crippen LogP contribution in [0.1, 0.15) is 32.6 Å². The standard InChI is InChI=1S/C27H31ClFN5O3/c1-4-24(34(2)11-12-36-3)27(35)33-23-14-19-22(15-25(23)37-18-7-5-6-8-18)30-16-31-26(19)32-17-9-10-21(29)20(28)13-17/h4,9-10,13-16,18H,5-8,11-12H2,1-3H3,(H,33,35)(H,30,31,32). The van der Waals surface area contributed by atoms with E-state index in [0.29, 0.717) is 52.7 Å². The van der Waals surface area contributed by atoms with E-state index in [4.69, 9.17) is 21.1 Å². The highest BCUT2D eigenvalue weighted by atomic mass is 35.5. The first-order valence-electron chi connectivity index (χ1n) is 12.2. The molecule has 37 heavy (non-hydrogen) atoms. The number of aromatic nitrogens is 2. The molecule has 0 unspecified atom stereocenters. The lowest BCUT2D eigenvalue weighted by Gasteiger charge is -2.23. The molecule has 1 aromatic heterocycles. The van der Waals surface area contributed by atoms with Crippen LogP contribution in [0.2, 0.25) is 5.02 Å². The van der Waals surface area contributed by atoms with Gasteiger partial charge in [0, 0.05) is 37.8 Å². The number of halogens is 2. The molecule has 1 amide bonds. The van der Waals surface area contributed by atoms with Crippen molar-refractivity contribution in [1.82, 2.24) is 14.9 Å². The Morgan fingerprint density at radius 2 is 2.03 bits per heavy atom. The summed E-state index contributed by atoms with van der Waals surface area (Å²) in [5, 5.41) is 6.86. The molecule has 0 aliphatic heterocycles. The van der Waals surface area contributed by atoms with Crippen molar-refractivity contribution < 1.29 is 18.7 Å². The van der Waals surface area contributed by atoms with Gasteiger partial charge in [0.25, 0.3) is 5.91 Å². The van der Waals surface area contributed by atoms with Crippen molar-refractivity contribution in [2.75, 3.05) is 37.9 Å². The minimum atomic E-state index is -0.506. The Morgan fingerprint density at radius 3 is 2.73 bits per heavy atom. The third-order valence-electron chi connectivity index (χ3n) is 6.31. The van der Waals surface area contributed by atoms with Gasteiger partial charge in [-0.3, -0.25) is 4.79 Å². The third-order valence-corrected chi connectivity index (χ3v) is 6.60. The van der Waals surface area contributed by atoms with Crippen molar-refractivity contribution in [3.8, 4) is 5.75 Å². The molecule has 1 fully saturated rings. The SMILES string of the molecule is CC=C(C(=O)Nc1cc2c(Nc3ccc(F)c(Cl)c3)ncnc2cc1OC1CCCC1)N(C)CCOC. The van der Waals surface area contributed by atoms with Crippen molar-refractivity contribution in [2.24, 2.45) is 0 Å². The second kappa shape index (κ2) is 12.2. The second-order valence-corrected chi connectivity index (χ2v) is 9.32. The van der Waals surface area contributed by atoms with Gasteiger partial charge in [-0.2, -0.15) is 0 Å². The van der Waals surface area contributed by atoms with E-state index in [2.05, 4.69) is 20.6 Å². The predicted molar refractivity (Wildman–Crippen MR) is 144 cm³/mol. The summed E-state index contributed by atoms with van der Waals surface area (Å²) in [7, 11) is 3.46. The summed E-state index contributed by atoms with van der Waals surface area (Å²) in [4.78, 5) is 23.9. The minimum absolute atomic E-state index is 0.0000361. The molecule has 2 aromatic carbocycles. The van der Waals surface area contributed by atoms with Crippen LogP contribution in [-0.4, -0.2) is 54.2 Å². The first-order valence-corrected chi connectivity index (χ1v) is 12.6. The van der Waals surface area contributed by atoms with Crippen LogP contribution in [0.4, 0.5) is 21.6 Å². The van der Waals surface area contributed by atoms with Gasteiger partial charge in [0.2, 0.25) is 0 Å². The number of carbonyl (C=O) groups is 1. The van der Waals surface area contributed by atoms with Gasteiger partial charge in [0.05, 0.1) is 34.6 Å².